The lowest BCUT2D eigenvalue weighted by atomic mass is 10.0. The number of rotatable bonds is 3. The first-order chi connectivity index (χ1) is 8.09. The van der Waals surface area contributed by atoms with Crippen LogP contribution in [0.4, 0.5) is 5.69 Å². The highest BCUT2D eigenvalue weighted by Crippen LogP contribution is 2.24. The number of ether oxygens (including phenoxy) is 1. The van der Waals surface area contributed by atoms with Gasteiger partial charge in [0.25, 0.3) is 5.91 Å². The zero-order chi connectivity index (χ0) is 12.3. The molecule has 1 aliphatic heterocycles. The highest BCUT2D eigenvalue weighted by Gasteiger charge is 2.30. The summed E-state index contributed by atoms with van der Waals surface area (Å²) in [5.41, 5.74) is 6.61. The molecule has 2 rings (SSSR count). The maximum absolute atomic E-state index is 11.9. The van der Waals surface area contributed by atoms with Gasteiger partial charge in [0, 0.05) is 24.4 Å². The molecule has 1 heterocycles. The van der Waals surface area contributed by atoms with Crippen molar-refractivity contribution < 1.29 is 9.53 Å². The normalized spacial score (nSPS) is 22.3. The van der Waals surface area contributed by atoms with Crippen LogP contribution in [0.3, 0.4) is 0 Å². The third kappa shape index (κ3) is 3.62. The zero-order valence-corrected chi connectivity index (χ0v) is 11.3. The number of hydrogen-bond donors (Lipinski definition) is 2. The predicted molar refractivity (Wildman–Crippen MR) is 74.0 cm³/mol. The minimum atomic E-state index is -0.212. The van der Waals surface area contributed by atoms with E-state index in [0.29, 0.717) is 17.8 Å². The average Bonchev–Trinajstić information content (AvgIpc) is 2.74. The fraction of sp³-hybridized carbons (Fsp3) is 0.462. The van der Waals surface area contributed by atoms with Gasteiger partial charge in [-0.2, -0.15) is 0 Å². The fourth-order valence-corrected chi connectivity index (χ4v) is 2.03. The molecule has 100 valence electrons. The minimum Gasteiger partial charge on any atom is -0.399 e. The van der Waals surface area contributed by atoms with Crippen molar-refractivity contribution in [2.45, 2.75) is 25.4 Å². The van der Waals surface area contributed by atoms with E-state index < -0.39 is 0 Å². The number of nitrogen functional groups attached to an aromatic ring is 1. The van der Waals surface area contributed by atoms with Gasteiger partial charge >= 0.3 is 0 Å². The van der Waals surface area contributed by atoms with Gasteiger partial charge in [-0.05, 0) is 38.0 Å². The molecule has 1 aromatic carbocycles. The van der Waals surface area contributed by atoms with Gasteiger partial charge in [0.2, 0.25) is 0 Å². The van der Waals surface area contributed by atoms with Gasteiger partial charge in [0.15, 0.2) is 0 Å². The molecule has 1 atom stereocenters. The number of carbonyl (C=O) groups excluding carboxylic acids is 1. The van der Waals surface area contributed by atoms with Gasteiger partial charge < -0.3 is 15.8 Å². The summed E-state index contributed by atoms with van der Waals surface area (Å²) in [7, 11) is 0. The van der Waals surface area contributed by atoms with Crippen molar-refractivity contribution in [2.75, 3.05) is 18.9 Å². The number of anilines is 1. The SMILES string of the molecule is CC1(CNC(=O)c2cccc(N)c2)CCCO1.Cl. The molecule has 0 bridgehead atoms. The maximum Gasteiger partial charge on any atom is 0.251 e. The third-order valence-corrected chi connectivity index (χ3v) is 3.07. The quantitative estimate of drug-likeness (QED) is 0.826. The highest BCUT2D eigenvalue weighted by molar-refractivity contribution is 5.95. The summed E-state index contributed by atoms with van der Waals surface area (Å²) >= 11 is 0. The summed E-state index contributed by atoms with van der Waals surface area (Å²) in [6, 6.07) is 6.97. The second-order valence-corrected chi connectivity index (χ2v) is 4.71. The Morgan fingerprint density at radius 1 is 1.56 bits per heavy atom. The van der Waals surface area contributed by atoms with Crippen LogP contribution in [0.15, 0.2) is 24.3 Å². The summed E-state index contributed by atoms with van der Waals surface area (Å²) in [6.45, 7) is 3.35. The van der Waals surface area contributed by atoms with Crippen LogP contribution < -0.4 is 11.1 Å². The number of hydrogen-bond acceptors (Lipinski definition) is 3. The fourth-order valence-electron chi connectivity index (χ4n) is 2.03. The van der Waals surface area contributed by atoms with Crippen molar-refractivity contribution in [3.63, 3.8) is 0 Å². The van der Waals surface area contributed by atoms with Crippen molar-refractivity contribution in [1.82, 2.24) is 5.32 Å². The number of benzene rings is 1. The highest BCUT2D eigenvalue weighted by atomic mass is 35.5. The van der Waals surface area contributed by atoms with Crippen molar-refractivity contribution in [2.24, 2.45) is 0 Å². The Balaban J connectivity index is 0.00000162. The first-order valence-electron chi connectivity index (χ1n) is 5.87. The lowest BCUT2D eigenvalue weighted by molar-refractivity contribution is 0.0206. The van der Waals surface area contributed by atoms with Crippen LogP contribution in [0.1, 0.15) is 30.1 Å². The molecular weight excluding hydrogens is 252 g/mol. The Bertz CT molecular complexity index is 417. The Kier molecular flexibility index (Phi) is 4.99. The number of amides is 1. The molecule has 0 aromatic heterocycles. The standard InChI is InChI=1S/C13H18N2O2.ClH/c1-13(6-3-7-17-13)9-15-12(16)10-4-2-5-11(14)8-10;/h2,4-5,8H,3,6-7,9,14H2,1H3,(H,15,16);1H. The molecule has 0 radical (unpaired) electrons. The van der Waals surface area contributed by atoms with E-state index in [4.69, 9.17) is 10.5 Å². The molecule has 1 unspecified atom stereocenters. The molecule has 1 fully saturated rings. The Labute approximate surface area is 113 Å². The van der Waals surface area contributed by atoms with Gasteiger partial charge in [0.05, 0.1) is 5.60 Å². The van der Waals surface area contributed by atoms with E-state index >= 15 is 0 Å². The minimum absolute atomic E-state index is 0. The number of nitrogens with two attached hydrogens (primary N) is 1. The first-order valence-corrected chi connectivity index (χ1v) is 5.87. The summed E-state index contributed by atoms with van der Waals surface area (Å²) < 4.78 is 5.61. The monoisotopic (exact) mass is 270 g/mol. The molecular formula is C13H19ClN2O2. The Morgan fingerprint density at radius 3 is 2.94 bits per heavy atom. The molecule has 0 aliphatic carbocycles. The summed E-state index contributed by atoms with van der Waals surface area (Å²) in [6.07, 6.45) is 2.05. The van der Waals surface area contributed by atoms with Gasteiger partial charge in [0.1, 0.15) is 0 Å². The predicted octanol–water partition coefficient (Wildman–Crippen LogP) is 1.99. The lowest BCUT2D eigenvalue weighted by Crippen LogP contribution is -2.40. The van der Waals surface area contributed by atoms with Crippen LogP contribution in [0.2, 0.25) is 0 Å². The lowest BCUT2D eigenvalue weighted by Gasteiger charge is -2.23. The van der Waals surface area contributed by atoms with Crippen molar-refractivity contribution in [1.29, 1.82) is 0 Å². The Morgan fingerprint density at radius 2 is 2.33 bits per heavy atom. The molecule has 0 spiro atoms. The molecule has 1 aliphatic rings. The van der Waals surface area contributed by atoms with E-state index in [-0.39, 0.29) is 23.9 Å². The van der Waals surface area contributed by atoms with E-state index in [1.54, 1.807) is 24.3 Å². The van der Waals surface area contributed by atoms with E-state index in [1.165, 1.54) is 0 Å². The van der Waals surface area contributed by atoms with Crippen LogP contribution in [0.25, 0.3) is 0 Å². The summed E-state index contributed by atoms with van der Waals surface area (Å²) in [4.78, 5) is 11.9. The van der Waals surface area contributed by atoms with Crippen LogP contribution >= 0.6 is 12.4 Å². The Hall–Kier alpha value is -1.26. The van der Waals surface area contributed by atoms with Gasteiger partial charge in [-0.1, -0.05) is 6.07 Å². The van der Waals surface area contributed by atoms with Crippen LogP contribution in [-0.4, -0.2) is 24.7 Å². The van der Waals surface area contributed by atoms with E-state index in [9.17, 15) is 4.79 Å². The number of halogens is 1. The largest absolute Gasteiger partial charge is 0.399 e. The van der Waals surface area contributed by atoms with Gasteiger partial charge in [-0.25, -0.2) is 0 Å². The molecule has 1 saturated heterocycles. The van der Waals surface area contributed by atoms with Crippen LogP contribution in [0.5, 0.6) is 0 Å². The van der Waals surface area contributed by atoms with E-state index in [0.717, 1.165) is 19.4 Å². The van der Waals surface area contributed by atoms with E-state index in [2.05, 4.69) is 5.32 Å². The topological polar surface area (TPSA) is 64.4 Å². The molecule has 3 N–H and O–H groups in total. The maximum atomic E-state index is 11.9. The van der Waals surface area contributed by atoms with Crippen molar-refractivity contribution >= 4 is 24.0 Å². The molecule has 1 aromatic rings. The molecule has 1 amide bonds. The number of nitrogens with one attached hydrogen (secondary N) is 1. The molecule has 5 heteroatoms. The van der Waals surface area contributed by atoms with E-state index in [1.807, 2.05) is 6.92 Å². The third-order valence-electron chi connectivity index (χ3n) is 3.07. The van der Waals surface area contributed by atoms with Crippen LogP contribution in [0, 0.1) is 0 Å². The van der Waals surface area contributed by atoms with Gasteiger partial charge in [-0.3, -0.25) is 4.79 Å². The second-order valence-electron chi connectivity index (χ2n) is 4.71. The molecule has 0 saturated carbocycles. The average molecular weight is 271 g/mol. The second kappa shape index (κ2) is 6.07. The zero-order valence-electron chi connectivity index (χ0n) is 10.4. The molecule has 4 nitrogen and oxygen atoms in total. The summed E-state index contributed by atoms with van der Waals surface area (Å²) in [5, 5.41) is 2.89. The number of carbonyl (C=O) groups is 1. The van der Waals surface area contributed by atoms with Crippen molar-refractivity contribution in [3.8, 4) is 0 Å². The summed E-state index contributed by atoms with van der Waals surface area (Å²) in [5.74, 6) is -0.103. The molecule has 18 heavy (non-hydrogen) atoms. The van der Waals surface area contributed by atoms with Crippen molar-refractivity contribution in [3.05, 3.63) is 29.8 Å². The van der Waals surface area contributed by atoms with Crippen LogP contribution in [-0.2, 0) is 4.74 Å². The first kappa shape index (κ1) is 14.8. The van der Waals surface area contributed by atoms with Gasteiger partial charge in [-0.15, -0.1) is 12.4 Å². The smallest absolute Gasteiger partial charge is 0.251 e.